The normalized spacial score (nSPS) is 14.6. The Bertz CT molecular complexity index is 3150. The van der Waals surface area contributed by atoms with Gasteiger partial charge in [-0.3, -0.25) is 0 Å². The molecular weight excluding hydrogens is 647 g/mol. The van der Waals surface area contributed by atoms with Crippen LogP contribution < -0.4 is 0 Å². The molecule has 0 bridgehead atoms. The highest BCUT2D eigenvalue weighted by Gasteiger charge is 2.19. The van der Waals surface area contributed by atoms with Gasteiger partial charge in [0.2, 0.25) is 0 Å². The second-order valence-electron chi connectivity index (χ2n) is 13.9. The molecule has 4 nitrogen and oxygen atoms in total. The van der Waals surface area contributed by atoms with Crippen molar-refractivity contribution in [3.05, 3.63) is 181 Å². The Morgan fingerprint density at radius 1 is 0.528 bits per heavy atom. The Morgan fingerprint density at radius 3 is 2.06 bits per heavy atom. The quantitative estimate of drug-likeness (QED) is 0.174. The minimum absolute atomic E-state index is 0.240. The Hall–Kier alpha value is -6.91. The van der Waals surface area contributed by atoms with Gasteiger partial charge in [-0.2, -0.15) is 0 Å². The summed E-state index contributed by atoms with van der Waals surface area (Å²) >= 11 is 0. The van der Waals surface area contributed by atoms with E-state index in [1.807, 2.05) is 30.3 Å². The highest BCUT2D eigenvalue weighted by molar-refractivity contribution is 6.24. The maximum Gasteiger partial charge on any atom is 0.144 e. The van der Waals surface area contributed by atoms with E-state index in [1.54, 1.807) is 0 Å². The van der Waals surface area contributed by atoms with Gasteiger partial charge in [-0.15, -0.1) is 0 Å². The number of pyridine rings is 3. The highest BCUT2D eigenvalue weighted by atomic mass is 16.3. The number of para-hydroxylation sites is 2. The molecule has 248 valence electrons. The van der Waals surface area contributed by atoms with Gasteiger partial charge >= 0.3 is 0 Å². The number of rotatable bonds is 4. The van der Waals surface area contributed by atoms with E-state index in [4.69, 9.17) is 19.4 Å². The van der Waals surface area contributed by atoms with Gasteiger partial charge in [0.25, 0.3) is 0 Å². The third-order valence-electron chi connectivity index (χ3n) is 10.8. The maximum absolute atomic E-state index is 6.55. The third kappa shape index (κ3) is 4.87. The van der Waals surface area contributed by atoms with Crippen LogP contribution in [0.5, 0.6) is 0 Å². The van der Waals surface area contributed by atoms with Crippen molar-refractivity contribution in [2.24, 2.45) is 0 Å². The average molecular weight is 678 g/mol. The van der Waals surface area contributed by atoms with Crippen LogP contribution in [0.1, 0.15) is 23.6 Å². The van der Waals surface area contributed by atoms with Crippen LogP contribution in [-0.2, 0) is 0 Å². The molecule has 1 unspecified atom stereocenters. The molecule has 10 aromatic rings. The lowest BCUT2D eigenvalue weighted by molar-refractivity contribution is 0.673. The number of nitrogens with zero attached hydrogens (tertiary/aromatic N) is 3. The SMILES string of the molecule is C1=CC(c2cccc(-c3nc4ccccc4c4c3ccc3c5ccccc5oc34)c2)CC=C1c1ccc2ccc3ccc(-c4ccccc4)nc3c2n1. The summed E-state index contributed by atoms with van der Waals surface area (Å²) in [5, 5.41) is 7.73. The molecule has 1 aliphatic carbocycles. The molecule has 4 heterocycles. The van der Waals surface area contributed by atoms with Crippen molar-refractivity contribution in [3.8, 4) is 22.5 Å². The molecule has 0 N–H and O–H groups in total. The molecule has 0 saturated heterocycles. The van der Waals surface area contributed by atoms with Gasteiger partial charge in [-0.05, 0) is 54.0 Å². The smallest absolute Gasteiger partial charge is 0.144 e. The van der Waals surface area contributed by atoms with Crippen molar-refractivity contribution < 1.29 is 4.42 Å². The number of hydrogen-bond acceptors (Lipinski definition) is 4. The van der Waals surface area contributed by atoms with Gasteiger partial charge in [0.1, 0.15) is 11.2 Å². The fourth-order valence-corrected chi connectivity index (χ4v) is 8.11. The van der Waals surface area contributed by atoms with Crippen LogP contribution in [0.25, 0.3) is 93.5 Å². The first-order valence-corrected chi connectivity index (χ1v) is 18.1. The Kier molecular flexibility index (Phi) is 6.65. The predicted molar refractivity (Wildman–Crippen MR) is 219 cm³/mol. The summed E-state index contributed by atoms with van der Waals surface area (Å²) in [6, 6.07) is 53.1. The van der Waals surface area contributed by atoms with Crippen molar-refractivity contribution in [2.75, 3.05) is 0 Å². The van der Waals surface area contributed by atoms with Crippen molar-refractivity contribution >= 4 is 71.0 Å². The first-order chi connectivity index (χ1) is 26.2. The van der Waals surface area contributed by atoms with Crippen molar-refractivity contribution in [3.63, 3.8) is 0 Å². The largest absolute Gasteiger partial charge is 0.455 e. The van der Waals surface area contributed by atoms with Crippen LogP contribution in [-0.4, -0.2) is 15.0 Å². The molecule has 4 heteroatoms. The fourth-order valence-electron chi connectivity index (χ4n) is 8.11. The lowest BCUT2D eigenvalue weighted by atomic mass is 9.87. The summed E-state index contributed by atoms with van der Waals surface area (Å²) in [6.45, 7) is 0. The zero-order chi connectivity index (χ0) is 34.9. The molecule has 1 atom stereocenters. The Balaban J connectivity index is 0.953. The number of furan rings is 1. The lowest BCUT2D eigenvalue weighted by Gasteiger charge is -2.18. The van der Waals surface area contributed by atoms with Crippen LogP contribution in [0.2, 0.25) is 0 Å². The number of benzene rings is 6. The van der Waals surface area contributed by atoms with Gasteiger partial charge in [-0.1, -0.05) is 133 Å². The average Bonchev–Trinajstić information content (AvgIpc) is 3.62. The predicted octanol–water partition coefficient (Wildman–Crippen LogP) is 12.8. The van der Waals surface area contributed by atoms with Crippen LogP contribution in [0, 0.1) is 0 Å². The molecule has 0 fully saturated rings. The minimum atomic E-state index is 0.240. The van der Waals surface area contributed by atoms with Gasteiger partial charge in [0, 0.05) is 54.7 Å². The van der Waals surface area contributed by atoms with E-state index >= 15 is 0 Å². The van der Waals surface area contributed by atoms with Crippen LogP contribution >= 0.6 is 0 Å². The molecule has 6 aromatic carbocycles. The molecule has 0 spiro atoms. The van der Waals surface area contributed by atoms with Gasteiger partial charge in [0.05, 0.1) is 33.6 Å². The van der Waals surface area contributed by atoms with E-state index in [0.29, 0.717) is 0 Å². The van der Waals surface area contributed by atoms with E-state index < -0.39 is 0 Å². The van der Waals surface area contributed by atoms with Crippen LogP contribution in [0.3, 0.4) is 0 Å². The third-order valence-corrected chi connectivity index (χ3v) is 10.8. The van der Waals surface area contributed by atoms with E-state index in [9.17, 15) is 0 Å². The fraction of sp³-hybridized carbons (Fsp3) is 0.0408. The lowest BCUT2D eigenvalue weighted by Crippen LogP contribution is -2.00. The summed E-state index contributed by atoms with van der Waals surface area (Å²) in [6.07, 6.45) is 7.75. The first-order valence-electron chi connectivity index (χ1n) is 18.1. The van der Waals surface area contributed by atoms with Gasteiger partial charge in [0.15, 0.2) is 0 Å². The van der Waals surface area contributed by atoms with Gasteiger partial charge in [-0.25, -0.2) is 15.0 Å². The standard InChI is InChI=1S/C49H31N3O/c1-2-9-31(10-3-1)41-27-23-33-21-22-34-24-28-42(51-48(34)47(33)50-41)32-19-17-30(18-20-32)35-11-8-12-36(29-35)46-40-26-25-38-37-13-5-7-16-44(37)53-49(38)45(40)39-14-4-6-15-43(39)52-46/h1-17,19-30H,18H2. The molecule has 4 aromatic heterocycles. The molecule has 0 amide bonds. The highest BCUT2D eigenvalue weighted by Crippen LogP contribution is 2.41. The number of hydrogen-bond donors (Lipinski definition) is 0. The van der Waals surface area contributed by atoms with E-state index in [2.05, 4.69) is 140 Å². The topological polar surface area (TPSA) is 51.8 Å². The Labute approximate surface area is 305 Å². The maximum atomic E-state index is 6.55. The molecule has 0 saturated carbocycles. The summed E-state index contributed by atoms with van der Waals surface area (Å²) in [7, 11) is 0. The molecular formula is C49H31N3O. The second-order valence-corrected chi connectivity index (χ2v) is 13.9. The van der Waals surface area contributed by atoms with Crippen LogP contribution in [0.4, 0.5) is 0 Å². The molecule has 1 aliphatic rings. The van der Waals surface area contributed by atoms with Gasteiger partial charge < -0.3 is 4.42 Å². The zero-order valence-corrected chi connectivity index (χ0v) is 28.7. The number of allylic oxidation sites excluding steroid dienone is 4. The summed E-state index contributed by atoms with van der Waals surface area (Å²) < 4.78 is 6.55. The molecule has 53 heavy (non-hydrogen) atoms. The van der Waals surface area contributed by atoms with E-state index in [1.165, 1.54) is 5.56 Å². The van der Waals surface area contributed by atoms with Crippen LogP contribution in [0.15, 0.2) is 174 Å². The monoisotopic (exact) mass is 677 g/mol. The second kappa shape index (κ2) is 11.8. The Morgan fingerprint density at radius 2 is 1.23 bits per heavy atom. The molecule has 11 rings (SSSR count). The zero-order valence-electron chi connectivity index (χ0n) is 28.7. The summed E-state index contributed by atoms with van der Waals surface area (Å²) in [5.41, 5.74) is 12.1. The van der Waals surface area contributed by atoms with Crippen molar-refractivity contribution in [2.45, 2.75) is 12.3 Å². The summed E-state index contributed by atoms with van der Waals surface area (Å²) in [4.78, 5) is 15.6. The van der Waals surface area contributed by atoms with Crippen molar-refractivity contribution in [1.82, 2.24) is 15.0 Å². The van der Waals surface area contributed by atoms with E-state index in [-0.39, 0.29) is 5.92 Å². The summed E-state index contributed by atoms with van der Waals surface area (Å²) in [5.74, 6) is 0.240. The first kappa shape index (κ1) is 29.8. The number of fused-ring (bicyclic) bond motifs is 10. The van der Waals surface area contributed by atoms with Crippen molar-refractivity contribution in [1.29, 1.82) is 0 Å². The molecule has 0 radical (unpaired) electrons. The molecule has 0 aliphatic heterocycles. The minimum Gasteiger partial charge on any atom is -0.455 e. The van der Waals surface area contributed by atoms with E-state index in [0.717, 1.165) is 106 Å². The number of aromatic nitrogens is 3.